The Hall–Kier alpha value is -3.51. The molecule has 2 heterocycles. The predicted molar refractivity (Wildman–Crippen MR) is 112 cm³/mol. The second-order valence-corrected chi connectivity index (χ2v) is 7.08. The Balaban J connectivity index is 1.92. The van der Waals surface area contributed by atoms with Crippen LogP contribution in [0.4, 0.5) is 4.39 Å². The molecule has 152 valence electrons. The first-order chi connectivity index (χ1) is 14.5. The zero-order valence-corrected chi connectivity index (χ0v) is 16.7. The van der Waals surface area contributed by atoms with Crippen molar-refractivity contribution in [3.63, 3.8) is 0 Å². The Morgan fingerprint density at radius 1 is 1.13 bits per heavy atom. The van der Waals surface area contributed by atoms with Gasteiger partial charge in [0.25, 0.3) is 0 Å². The molecule has 0 aliphatic heterocycles. The number of fused-ring (bicyclic) bond motifs is 1. The average molecular weight is 404 g/mol. The van der Waals surface area contributed by atoms with Crippen molar-refractivity contribution in [1.82, 2.24) is 9.55 Å². The number of hydrogen-bond acceptors (Lipinski definition) is 4. The van der Waals surface area contributed by atoms with E-state index >= 15 is 0 Å². The molecule has 1 unspecified atom stereocenters. The molecule has 0 bridgehead atoms. The first-order valence-corrected chi connectivity index (χ1v) is 9.54. The predicted octanol–water partition coefficient (Wildman–Crippen LogP) is 4.41. The maximum Gasteiger partial charge on any atom is 0.339 e. The molecule has 2 aromatic carbocycles. The second-order valence-electron chi connectivity index (χ2n) is 7.08. The van der Waals surface area contributed by atoms with Crippen LogP contribution in [0.3, 0.4) is 0 Å². The van der Waals surface area contributed by atoms with Gasteiger partial charge in [-0.1, -0.05) is 42.5 Å². The average Bonchev–Trinajstić information content (AvgIpc) is 3.15. The van der Waals surface area contributed by atoms with E-state index in [1.165, 1.54) is 19.2 Å². The van der Waals surface area contributed by atoms with E-state index in [2.05, 4.69) is 0 Å². The number of hydrogen-bond donors (Lipinski definition) is 1. The lowest BCUT2D eigenvalue weighted by molar-refractivity contribution is -0.150. The summed E-state index contributed by atoms with van der Waals surface area (Å²) in [5.41, 5.74) is 4.24. The van der Waals surface area contributed by atoms with Crippen molar-refractivity contribution in [2.75, 3.05) is 7.11 Å². The number of ether oxygens (including phenoxy) is 1. The van der Waals surface area contributed by atoms with Crippen molar-refractivity contribution in [2.24, 2.45) is 0 Å². The fourth-order valence-corrected chi connectivity index (χ4v) is 3.72. The van der Waals surface area contributed by atoms with Crippen LogP contribution < -0.4 is 0 Å². The highest BCUT2D eigenvalue weighted by Gasteiger charge is 2.27. The number of nitrogens with zero attached hydrogens (tertiary/aromatic N) is 2. The van der Waals surface area contributed by atoms with E-state index in [9.17, 15) is 14.3 Å². The van der Waals surface area contributed by atoms with Crippen molar-refractivity contribution >= 4 is 17.0 Å². The summed E-state index contributed by atoms with van der Waals surface area (Å²) in [5, 5.41) is 11.5. The van der Waals surface area contributed by atoms with Crippen molar-refractivity contribution in [2.45, 2.75) is 19.6 Å². The maximum atomic E-state index is 13.2. The van der Waals surface area contributed by atoms with Gasteiger partial charge in [-0.2, -0.15) is 0 Å². The first-order valence-electron chi connectivity index (χ1n) is 9.54. The smallest absolute Gasteiger partial charge is 0.339 e. The highest BCUT2D eigenvalue weighted by atomic mass is 19.1. The zero-order chi connectivity index (χ0) is 21.3. The molecular weight excluding hydrogens is 383 g/mol. The minimum atomic E-state index is -1.44. The van der Waals surface area contributed by atoms with Gasteiger partial charge in [0.2, 0.25) is 0 Å². The van der Waals surface area contributed by atoms with E-state index < -0.39 is 12.1 Å². The van der Waals surface area contributed by atoms with E-state index in [0.29, 0.717) is 17.8 Å². The summed E-state index contributed by atoms with van der Waals surface area (Å²) in [5.74, 6) is -1.01. The maximum absolute atomic E-state index is 13.2. The first kappa shape index (κ1) is 19.8. The van der Waals surface area contributed by atoms with Crippen LogP contribution >= 0.6 is 0 Å². The summed E-state index contributed by atoms with van der Waals surface area (Å²) in [6.45, 7) is 2.28. The Bertz CT molecular complexity index is 1200. The summed E-state index contributed by atoms with van der Waals surface area (Å²) in [6, 6.07) is 17.8. The number of pyridine rings is 1. The van der Waals surface area contributed by atoms with Crippen LogP contribution in [0.15, 0.2) is 66.9 Å². The molecule has 1 atom stereocenters. The topological polar surface area (TPSA) is 64.3 Å². The third-order valence-corrected chi connectivity index (χ3v) is 5.16. The molecule has 6 heteroatoms. The Morgan fingerprint density at radius 2 is 1.83 bits per heavy atom. The molecule has 0 saturated heterocycles. The highest BCUT2D eigenvalue weighted by Crippen LogP contribution is 2.37. The molecule has 5 nitrogen and oxygen atoms in total. The number of carbonyl (C=O) groups excluding carboxylic acids is 1. The number of carbonyl (C=O) groups is 1. The number of methoxy groups -OCH3 is 1. The van der Waals surface area contributed by atoms with Crippen molar-refractivity contribution in [3.8, 4) is 11.1 Å². The van der Waals surface area contributed by atoms with E-state index in [1.54, 1.807) is 19.1 Å². The Morgan fingerprint density at radius 3 is 2.50 bits per heavy atom. The molecule has 1 N–H and O–H groups in total. The SMILES string of the molecule is COC(=O)C(O)c1c(C)nc2c(ccn2Cc2ccc(F)cc2)c1-c1ccccc1. The fraction of sp³-hybridized carbons (Fsp3) is 0.167. The lowest BCUT2D eigenvalue weighted by Gasteiger charge is -2.18. The number of benzene rings is 2. The molecule has 2 aromatic heterocycles. The van der Waals surface area contributed by atoms with Crippen LogP contribution in [0.25, 0.3) is 22.2 Å². The molecule has 4 aromatic rings. The van der Waals surface area contributed by atoms with E-state index in [4.69, 9.17) is 9.72 Å². The molecule has 0 saturated carbocycles. The van der Waals surface area contributed by atoms with Gasteiger partial charge in [0.05, 0.1) is 7.11 Å². The molecule has 0 aliphatic rings. The number of aryl methyl sites for hydroxylation is 1. The molecule has 30 heavy (non-hydrogen) atoms. The van der Waals surface area contributed by atoms with E-state index in [1.807, 2.05) is 47.2 Å². The van der Waals surface area contributed by atoms with Crippen LogP contribution in [0.1, 0.15) is 22.9 Å². The van der Waals surface area contributed by atoms with Crippen LogP contribution in [0.2, 0.25) is 0 Å². The van der Waals surface area contributed by atoms with Crippen molar-refractivity contribution in [3.05, 3.63) is 89.5 Å². The molecular formula is C24H21FN2O3. The van der Waals surface area contributed by atoms with Crippen LogP contribution in [0.5, 0.6) is 0 Å². The molecule has 0 radical (unpaired) electrons. The number of aromatic nitrogens is 2. The summed E-state index contributed by atoms with van der Waals surface area (Å²) in [6.07, 6.45) is 0.462. The summed E-state index contributed by atoms with van der Waals surface area (Å²) >= 11 is 0. The van der Waals surface area contributed by atoms with Gasteiger partial charge in [0, 0.05) is 34.9 Å². The summed E-state index contributed by atoms with van der Waals surface area (Å²) < 4.78 is 20.0. The molecule has 0 fully saturated rings. The molecule has 0 aliphatic carbocycles. The minimum Gasteiger partial charge on any atom is -0.467 e. The van der Waals surface area contributed by atoms with Crippen LogP contribution in [-0.4, -0.2) is 27.7 Å². The van der Waals surface area contributed by atoms with Crippen LogP contribution in [0, 0.1) is 12.7 Å². The van der Waals surface area contributed by atoms with Crippen molar-refractivity contribution in [1.29, 1.82) is 0 Å². The van der Waals surface area contributed by atoms with Gasteiger partial charge in [-0.3, -0.25) is 0 Å². The Labute approximate surface area is 173 Å². The lowest BCUT2D eigenvalue weighted by atomic mass is 9.93. The third kappa shape index (κ3) is 3.57. The summed E-state index contributed by atoms with van der Waals surface area (Å²) in [7, 11) is 1.24. The number of aliphatic hydroxyl groups is 1. The quantitative estimate of drug-likeness (QED) is 0.501. The van der Waals surface area contributed by atoms with E-state index in [-0.39, 0.29) is 5.82 Å². The second kappa shape index (κ2) is 8.08. The molecule has 0 amide bonds. The standard InChI is InChI=1S/C24H21FN2O3/c1-15-20(22(28)24(29)30-2)21(17-6-4-3-5-7-17)19-12-13-27(23(19)26-15)14-16-8-10-18(25)11-9-16/h3-13,22,28H,14H2,1-2H3. The number of esters is 1. The van der Waals surface area contributed by atoms with E-state index in [0.717, 1.165) is 27.7 Å². The van der Waals surface area contributed by atoms with Gasteiger partial charge in [-0.25, -0.2) is 14.2 Å². The summed E-state index contributed by atoms with van der Waals surface area (Å²) in [4.78, 5) is 16.8. The fourth-order valence-electron chi connectivity index (χ4n) is 3.72. The molecule has 0 spiro atoms. The number of halogens is 1. The third-order valence-electron chi connectivity index (χ3n) is 5.16. The van der Waals surface area contributed by atoms with Gasteiger partial charge in [-0.15, -0.1) is 0 Å². The highest BCUT2D eigenvalue weighted by molar-refractivity contribution is 5.97. The van der Waals surface area contributed by atoms with Gasteiger partial charge in [-0.05, 0) is 36.2 Å². The largest absolute Gasteiger partial charge is 0.467 e. The zero-order valence-electron chi connectivity index (χ0n) is 16.7. The number of aliphatic hydroxyl groups excluding tert-OH is 1. The van der Waals surface area contributed by atoms with Gasteiger partial charge in [0.15, 0.2) is 6.10 Å². The monoisotopic (exact) mass is 404 g/mol. The lowest BCUT2D eigenvalue weighted by Crippen LogP contribution is -2.17. The number of rotatable bonds is 5. The van der Waals surface area contributed by atoms with Crippen molar-refractivity contribution < 1.29 is 19.0 Å². The Kier molecular flexibility index (Phi) is 5.33. The normalized spacial score (nSPS) is 12.1. The van der Waals surface area contributed by atoms with Gasteiger partial charge in [0.1, 0.15) is 11.5 Å². The minimum absolute atomic E-state index is 0.280. The van der Waals surface area contributed by atoms with Gasteiger partial charge < -0.3 is 14.4 Å². The van der Waals surface area contributed by atoms with Crippen LogP contribution in [-0.2, 0) is 16.1 Å². The van der Waals surface area contributed by atoms with Gasteiger partial charge >= 0.3 is 5.97 Å². The molecule has 4 rings (SSSR count).